The number of nitrogens with zero attached hydrogens (tertiary/aromatic N) is 1. The number of aromatic nitrogens is 1. The van der Waals surface area contributed by atoms with E-state index in [4.69, 9.17) is 15.2 Å². The summed E-state index contributed by atoms with van der Waals surface area (Å²) < 4.78 is 49.9. The zero-order valence-corrected chi connectivity index (χ0v) is 16.1. The summed E-state index contributed by atoms with van der Waals surface area (Å²) in [4.78, 5) is 27.6. The van der Waals surface area contributed by atoms with Crippen molar-refractivity contribution in [3.05, 3.63) is 47.2 Å². The summed E-state index contributed by atoms with van der Waals surface area (Å²) in [6, 6.07) is 6.99. The molecule has 1 atom stereocenters. The van der Waals surface area contributed by atoms with Crippen LogP contribution in [0.2, 0.25) is 0 Å². The number of rotatable bonds is 6. The minimum atomic E-state index is -4.65. The molecule has 1 amide bonds. The van der Waals surface area contributed by atoms with E-state index in [0.717, 1.165) is 6.07 Å². The van der Waals surface area contributed by atoms with Crippen LogP contribution in [0.4, 0.5) is 18.9 Å². The second-order valence-electron chi connectivity index (χ2n) is 6.68. The van der Waals surface area contributed by atoms with Gasteiger partial charge in [0, 0.05) is 23.9 Å². The maximum atomic E-state index is 13.1. The van der Waals surface area contributed by atoms with Crippen molar-refractivity contribution in [2.24, 2.45) is 11.7 Å². The number of pyridine rings is 1. The number of amides is 1. The number of alkyl halides is 3. The standard InChI is InChI=1S/C20H20F3N3O4/c1-2-29-18(27)9-12-8-13-14(25-19(12)28)4-3-5-15(13)30-17-7-11(10-24)6-16(26-17)20(21,22)23/h3-7,12H,2,8-10,24H2,1H3,(H,25,28). The van der Waals surface area contributed by atoms with Gasteiger partial charge >= 0.3 is 12.1 Å². The highest BCUT2D eigenvalue weighted by Crippen LogP contribution is 2.37. The number of anilines is 1. The summed E-state index contributed by atoms with van der Waals surface area (Å²) in [5.41, 5.74) is 5.62. The molecule has 2 heterocycles. The molecular weight excluding hydrogens is 403 g/mol. The minimum absolute atomic E-state index is 0.118. The summed E-state index contributed by atoms with van der Waals surface area (Å²) >= 11 is 0. The molecule has 160 valence electrons. The molecule has 1 aliphatic heterocycles. The summed E-state index contributed by atoms with van der Waals surface area (Å²) in [7, 11) is 0. The smallest absolute Gasteiger partial charge is 0.433 e. The van der Waals surface area contributed by atoms with Crippen molar-refractivity contribution in [3.63, 3.8) is 0 Å². The predicted octanol–water partition coefficient (Wildman–Crippen LogP) is 3.42. The molecule has 30 heavy (non-hydrogen) atoms. The predicted molar refractivity (Wildman–Crippen MR) is 101 cm³/mol. The van der Waals surface area contributed by atoms with Gasteiger partial charge in [0.1, 0.15) is 11.4 Å². The Morgan fingerprint density at radius 3 is 2.77 bits per heavy atom. The molecule has 0 saturated heterocycles. The average Bonchev–Trinajstić information content (AvgIpc) is 2.68. The lowest BCUT2D eigenvalue weighted by Crippen LogP contribution is -2.32. The molecule has 0 radical (unpaired) electrons. The van der Waals surface area contributed by atoms with Gasteiger partial charge in [0.15, 0.2) is 0 Å². The first-order valence-corrected chi connectivity index (χ1v) is 9.25. The highest BCUT2D eigenvalue weighted by molar-refractivity contribution is 5.98. The average molecular weight is 423 g/mol. The van der Waals surface area contributed by atoms with E-state index in [-0.39, 0.29) is 49.1 Å². The molecule has 10 heteroatoms. The number of benzene rings is 1. The molecule has 2 aromatic rings. The van der Waals surface area contributed by atoms with Crippen molar-refractivity contribution in [2.45, 2.75) is 32.5 Å². The number of nitrogens with two attached hydrogens (primary N) is 1. The molecule has 1 aromatic carbocycles. The zero-order valence-electron chi connectivity index (χ0n) is 16.1. The number of fused-ring (bicyclic) bond motifs is 1. The van der Waals surface area contributed by atoms with Crippen LogP contribution in [0.1, 0.15) is 30.2 Å². The number of carbonyl (C=O) groups excluding carboxylic acids is 2. The summed E-state index contributed by atoms with van der Waals surface area (Å²) in [5.74, 6) is -1.56. The first kappa shape index (κ1) is 21.6. The van der Waals surface area contributed by atoms with Crippen molar-refractivity contribution in [1.82, 2.24) is 4.98 Å². The number of hydrogen-bond acceptors (Lipinski definition) is 6. The van der Waals surface area contributed by atoms with E-state index in [2.05, 4.69) is 10.3 Å². The largest absolute Gasteiger partial charge is 0.466 e. The summed E-state index contributed by atoms with van der Waals surface area (Å²) in [6.07, 6.45) is -4.61. The van der Waals surface area contributed by atoms with Crippen molar-refractivity contribution in [3.8, 4) is 11.6 Å². The lowest BCUT2D eigenvalue weighted by Gasteiger charge is -2.25. The van der Waals surface area contributed by atoms with Gasteiger partial charge in [-0.3, -0.25) is 9.59 Å². The third-order valence-corrected chi connectivity index (χ3v) is 4.53. The van der Waals surface area contributed by atoms with Crippen LogP contribution < -0.4 is 15.8 Å². The molecule has 1 unspecified atom stereocenters. The van der Waals surface area contributed by atoms with Crippen molar-refractivity contribution in [1.29, 1.82) is 0 Å². The van der Waals surface area contributed by atoms with Crippen LogP contribution in [0.25, 0.3) is 0 Å². The van der Waals surface area contributed by atoms with Crippen LogP contribution >= 0.6 is 0 Å². The number of nitrogens with one attached hydrogen (secondary N) is 1. The third-order valence-electron chi connectivity index (χ3n) is 4.53. The van der Waals surface area contributed by atoms with Crippen LogP contribution in [0.5, 0.6) is 11.6 Å². The number of halogens is 3. The first-order chi connectivity index (χ1) is 14.2. The van der Waals surface area contributed by atoms with E-state index >= 15 is 0 Å². The van der Waals surface area contributed by atoms with Crippen LogP contribution in [0.15, 0.2) is 30.3 Å². The fraction of sp³-hybridized carbons (Fsp3) is 0.350. The Labute approximate surface area is 170 Å². The highest BCUT2D eigenvalue weighted by atomic mass is 19.4. The number of ether oxygens (including phenoxy) is 2. The van der Waals surface area contributed by atoms with Gasteiger partial charge in [0.25, 0.3) is 0 Å². The van der Waals surface area contributed by atoms with Crippen molar-refractivity contribution >= 4 is 17.6 Å². The van der Waals surface area contributed by atoms with Crippen LogP contribution in [-0.2, 0) is 33.5 Å². The number of carbonyl (C=O) groups is 2. The van der Waals surface area contributed by atoms with Gasteiger partial charge in [0.2, 0.25) is 11.8 Å². The van der Waals surface area contributed by atoms with Gasteiger partial charge in [0.05, 0.1) is 18.9 Å². The summed E-state index contributed by atoms with van der Waals surface area (Å²) in [6.45, 7) is 1.74. The Morgan fingerprint density at radius 2 is 2.10 bits per heavy atom. The molecule has 1 aromatic heterocycles. The Bertz CT molecular complexity index is 963. The second kappa shape index (κ2) is 8.70. The fourth-order valence-corrected chi connectivity index (χ4v) is 3.14. The van der Waals surface area contributed by atoms with E-state index in [9.17, 15) is 22.8 Å². The molecule has 0 bridgehead atoms. The lowest BCUT2D eigenvalue weighted by molar-refractivity contribution is -0.145. The van der Waals surface area contributed by atoms with Gasteiger partial charge in [-0.15, -0.1) is 0 Å². The molecule has 0 fully saturated rings. The molecule has 0 aliphatic carbocycles. The van der Waals surface area contributed by atoms with E-state index in [1.807, 2.05) is 0 Å². The number of esters is 1. The SMILES string of the molecule is CCOC(=O)CC1Cc2c(cccc2Oc2cc(CN)cc(C(F)(F)F)n2)NC1=O. The lowest BCUT2D eigenvalue weighted by atomic mass is 9.90. The van der Waals surface area contributed by atoms with Gasteiger partial charge < -0.3 is 20.5 Å². The monoisotopic (exact) mass is 423 g/mol. The third kappa shape index (κ3) is 4.88. The quantitative estimate of drug-likeness (QED) is 0.690. The second-order valence-corrected chi connectivity index (χ2v) is 6.68. The highest BCUT2D eigenvalue weighted by Gasteiger charge is 2.34. The Kier molecular flexibility index (Phi) is 6.25. The van der Waals surface area contributed by atoms with Crippen LogP contribution in [0.3, 0.4) is 0 Å². The van der Waals surface area contributed by atoms with Gasteiger partial charge in [-0.25, -0.2) is 4.98 Å². The zero-order chi connectivity index (χ0) is 21.9. The van der Waals surface area contributed by atoms with E-state index in [0.29, 0.717) is 11.3 Å². The molecule has 0 saturated carbocycles. The molecule has 0 spiro atoms. The first-order valence-electron chi connectivity index (χ1n) is 9.25. The number of hydrogen-bond donors (Lipinski definition) is 2. The Hall–Kier alpha value is -3.14. The van der Waals surface area contributed by atoms with Crippen LogP contribution in [0, 0.1) is 5.92 Å². The van der Waals surface area contributed by atoms with E-state index < -0.39 is 23.8 Å². The minimum Gasteiger partial charge on any atom is -0.466 e. The fourth-order valence-electron chi connectivity index (χ4n) is 3.14. The molecule has 1 aliphatic rings. The van der Waals surface area contributed by atoms with E-state index in [1.165, 1.54) is 6.07 Å². The van der Waals surface area contributed by atoms with Gasteiger partial charge in [-0.05, 0) is 37.1 Å². The molecule has 7 nitrogen and oxygen atoms in total. The van der Waals surface area contributed by atoms with Crippen molar-refractivity contribution in [2.75, 3.05) is 11.9 Å². The van der Waals surface area contributed by atoms with Gasteiger partial charge in [-0.1, -0.05) is 6.07 Å². The molecular formula is C20H20F3N3O4. The molecule has 3 rings (SSSR count). The normalized spacial score (nSPS) is 15.9. The maximum Gasteiger partial charge on any atom is 0.433 e. The Morgan fingerprint density at radius 1 is 1.33 bits per heavy atom. The topological polar surface area (TPSA) is 104 Å². The van der Waals surface area contributed by atoms with Crippen LogP contribution in [-0.4, -0.2) is 23.5 Å². The van der Waals surface area contributed by atoms with Gasteiger partial charge in [-0.2, -0.15) is 13.2 Å². The van der Waals surface area contributed by atoms with E-state index in [1.54, 1.807) is 25.1 Å². The maximum absolute atomic E-state index is 13.1. The summed E-state index contributed by atoms with van der Waals surface area (Å²) in [5, 5.41) is 2.69. The molecule has 3 N–H and O–H groups in total. The van der Waals surface area contributed by atoms with Crippen molar-refractivity contribution < 1.29 is 32.2 Å². The Balaban J connectivity index is 1.90.